The molecule has 0 unspecified atom stereocenters. The summed E-state index contributed by atoms with van der Waals surface area (Å²) in [6.07, 6.45) is 2.23. The zero-order chi connectivity index (χ0) is 50.8. The predicted octanol–water partition coefficient (Wildman–Crippen LogP) is -0.206. The van der Waals surface area contributed by atoms with Crippen molar-refractivity contribution in [3.8, 4) is 11.5 Å². The first-order chi connectivity index (χ1) is 32.1. The van der Waals surface area contributed by atoms with E-state index in [4.69, 9.17) is 25.7 Å². The van der Waals surface area contributed by atoms with Crippen molar-refractivity contribution in [1.82, 2.24) is 31.6 Å². The number of phenols is 1. The largest absolute Gasteiger partial charge is 0.507 e. The van der Waals surface area contributed by atoms with Crippen LogP contribution in [-0.4, -0.2) is 138 Å². The number of unbranched alkanes of at least 4 members (excludes halogenated alkanes) is 1. The van der Waals surface area contributed by atoms with Crippen LogP contribution in [0.15, 0.2) is 16.6 Å². The number of hydrazine groups is 1. The lowest BCUT2D eigenvalue weighted by molar-refractivity contribution is -0.525. The molecule has 0 bridgehead atoms. The van der Waals surface area contributed by atoms with Crippen molar-refractivity contribution in [2.24, 2.45) is 22.4 Å². The van der Waals surface area contributed by atoms with Crippen molar-refractivity contribution in [2.75, 3.05) is 33.9 Å². The third kappa shape index (κ3) is 15.8. The second-order valence-corrected chi connectivity index (χ2v) is 17.1. The molecule has 1 aromatic rings. The molecule has 378 valence electrons. The summed E-state index contributed by atoms with van der Waals surface area (Å²) < 4.78 is 15.4. The number of nitro groups is 1. The molecule has 2 aliphatic heterocycles. The highest BCUT2D eigenvalue weighted by Gasteiger charge is 2.40. The van der Waals surface area contributed by atoms with Crippen molar-refractivity contribution in [2.45, 2.75) is 142 Å². The molecule has 1 saturated heterocycles. The Balaban J connectivity index is 1.78. The standard InChI is InChI=1S/C44H68N10O14/c1-23(2)34(45)40(60)47-19-9-8-12-29(38(58)51-35(26(5)55)43(63)67-7)50-39(59)31-14-11-21-53(31)41(61)30(13-10-20-48-44(46)52-54(64)65)49-32(56)18-16-24(3)15-17-27-36(57)33-28(22-68-42(33)62)25(4)37(27)66-6/h15,23,26,29-31,34-35,55,57H,8-14,16-22,45H2,1-7H3,(H,47,60)(H,49,56)(H,50,59)(H,51,58)(H3,46,48,52)/b24-15+/t26-,29+,30+,31+,34+,35+/m1/s1. The van der Waals surface area contributed by atoms with Crippen LogP contribution in [0.5, 0.6) is 11.5 Å². The number of phenolic OH excluding ortho intramolecular Hbond substituents is 1. The monoisotopic (exact) mass is 960 g/mol. The molecule has 1 fully saturated rings. The summed E-state index contributed by atoms with van der Waals surface area (Å²) in [6.45, 7) is 8.76. The van der Waals surface area contributed by atoms with Gasteiger partial charge in [-0.1, -0.05) is 30.9 Å². The van der Waals surface area contributed by atoms with Crippen LogP contribution in [-0.2, 0) is 51.3 Å². The SMILES string of the molecule is COC(=O)[C@@H](NC(=O)[C@H](CCCCNC(=O)[C@@H](N)C(C)C)NC(=O)[C@@H]1CCCN1C(=O)[C@H](CCCN=C(N)N[N+](=O)[O-])NC(=O)CC/C(C)=C/Cc1c(O)c2c(c(C)c1OC)COC2=O)[C@@H](C)O. The second-order valence-electron chi connectivity index (χ2n) is 17.1. The van der Waals surface area contributed by atoms with E-state index >= 15 is 0 Å². The normalized spacial score (nSPS) is 16.9. The summed E-state index contributed by atoms with van der Waals surface area (Å²) in [5.41, 5.74) is 15.6. The van der Waals surface area contributed by atoms with Gasteiger partial charge in [-0.2, -0.15) is 0 Å². The van der Waals surface area contributed by atoms with E-state index in [1.54, 1.807) is 25.3 Å². The minimum absolute atomic E-state index is 0.00341. The van der Waals surface area contributed by atoms with Crippen LogP contribution in [0.3, 0.4) is 0 Å². The molecule has 5 amide bonds. The van der Waals surface area contributed by atoms with Crippen molar-refractivity contribution >= 4 is 47.4 Å². The van der Waals surface area contributed by atoms with Crippen LogP contribution in [0.25, 0.3) is 0 Å². The zero-order valence-corrected chi connectivity index (χ0v) is 39.8. The number of carbonyl (C=O) groups is 7. The van der Waals surface area contributed by atoms with Gasteiger partial charge in [-0.3, -0.25) is 24.0 Å². The fraction of sp³-hybridized carbons (Fsp3) is 0.636. The number of nitrogens with one attached hydrogen (secondary N) is 5. The number of hydrogen-bond donors (Lipinski definition) is 9. The molecule has 0 radical (unpaired) electrons. The molecule has 6 atom stereocenters. The highest BCUT2D eigenvalue weighted by molar-refractivity contribution is 5.98. The molecule has 68 heavy (non-hydrogen) atoms. The Labute approximate surface area is 394 Å². The van der Waals surface area contributed by atoms with Gasteiger partial charge in [0.05, 0.1) is 26.4 Å². The van der Waals surface area contributed by atoms with E-state index in [0.29, 0.717) is 41.7 Å². The van der Waals surface area contributed by atoms with Gasteiger partial charge in [-0.15, -0.1) is 0 Å². The number of aromatic hydroxyl groups is 1. The summed E-state index contributed by atoms with van der Waals surface area (Å²) in [7, 11) is 2.54. The zero-order valence-electron chi connectivity index (χ0n) is 39.8. The van der Waals surface area contributed by atoms with Crippen LogP contribution in [0.1, 0.15) is 113 Å². The Morgan fingerprint density at radius 1 is 1.03 bits per heavy atom. The molecular formula is C44H68N10O14. The van der Waals surface area contributed by atoms with Gasteiger partial charge >= 0.3 is 11.9 Å². The first kappa shape index (κ1) is 55.8. The third-order valence-electron chi connectivity index (χ3n) is 11.8. The number of guanidine groups is 1. The molecule has 3 rings (SSSR count). The summed E-state index contributed by atoms with van der Waals surface area (Å²) in [4.78, 5) is 109. The van der Waals surface area contributed by atoms with Crippen LogP contribution >= 0.6 is 0 Å². The summed E-state index contributed by atoms with van der Waals surface area (Å²) in [6, 6.07) is -5.69. The fourth-order valence-corrected chi connectivity index (χ4v) is 7.77. The van der Waals surface area contributed by atoms with E-state index in [-0.39, 0.29) is 94.3 Å². The first-order valence-corrected chi connectivity index (χ1v) is 22.6. The number of nitrogens with two attached hydrogens (primary N) is 2. The van der Waals surface area contributed by atoms with E-state index in [9.17, 15) is 53.9 Å². The number of aliphatic imine (C=N–C) groups is 1. The molecule has 0 spiro atoms. The molecule has 24 heteroatoms. The lowest BCUT2D eigenvalue weighted by Gasteiger charge is -2.30. The number of aliphatic hydroxyl groups excluding tert-OH is 1. The van der Waals surface area contributed by atoms with E-state index in [1.165, 1.54) is 18.9 Å². The van der Waals surface area contributed by atoms with E-state index in [2.05, 4.69) is 26.3 Å². The Bertz CT molecular complexity index is 2080. The number of cyclic esters (lactones) is 1. The number of aliphatic hydroxyl groups is 1. The summed E-state index contributed by atoms with van der Waals surface area (Å²) >= 11 is 0. The number of likely N-dealkylation sites (tertiary alicyclic amines) is 1. The van der Waals surface area contributed by atoms with Crippen LogP contribution in [0.2, 0.25) is 0 Å². The Kier molecular flexibility index (Phi) is 21.9. The molecule has 2 heterocycles. The molecule has 0 aliphatic carbocycles. The number of methoxy groups -OCH3 is 2. The topological polar surface area (TPSA) is 359 Å². The molecule has 11 N–H and O–H groups in total. The van der Waals surface area contributed by atoms with Gasteiger partial charge in [0.25, 0.3) is 5.96 Å². The molecule has 0 saturated carbocycles. The van der Waals surface area contributed by atoms with Gasteiger partial charge in [-0.05, 0) is 90.0 Å². The summed E-state index contributed by atoms with van der Waals surface area (Å²) in [5, 5.41) is 41.8. The van der Waals surface area contributed by atoms with Gasteiger partial charge in [0.2, 0.25) is 29.5 Å². The Hall–Kier alpha value is -6.56. The minimum atomic E-state index is -1.46. The second kappa shape index (κ2) is 26.7. The van der Waals surface area contributed by atoms with Crippen LogP contribution < -0.4 is 42.9 Å². The van der Waals surface area contributed by atoms with Gasteiger partial charge < -0.3 is 62.1 Å². The Morgan fingerprint density at radius 3 is 2.35 bits per heavy atom. The van der Waals surface area contributed by atoms with Gasteiger partial charge in [0.15, 0.2) is 11.1 Å². The van der Waals surface area contributed by atoms with Crippen LogP contribution in [0, 0.1) is 23.0 Å². The number of hydrogen-bond acceptors (Lipinski definition) is 16. The maximum atomic E-state index is 14.3. The van der Waals surface area contributed by atoms with Crippen molar-refractivity contribution in [1.29, 1.82) is 0 Å². The van der Waals surface area contributed by atoms with Crippen molar-refractivity contribution in [3.05, 3.63) is 44.0 Å². The molecule has 0 aromatic heterocycles. The summed E-state index contributed by atoms with van der Waals surface area (Å²) in [5.74, 6) is -4.89. The molecule has 2 aliphatic rings. The van der Waals surface area contributed by atoms with Gasteiger partial charge in [0.1, 0.15) is 41.8 Å². The number of allylic oxidation sites excluding steroid dienone is 2. The molecule has 1 aromatic carbocycles. The first-order valence-electron chi connectivity index (χ1n) is 22.6. The maximum absolute atomic E-state index is 14.3. The smallest absolute Gasteiger partial charge is 0.342 e. The van der Waals surface area contributed by atoms with Gasteiger partial charge in [-0.25, -0.2) is 24.7 Å². The van der Waals surface area contributed by atoms with E-state index in [1.807, 2.05) is 13.8 Å². The maximum Gasteiger partial charge on any atom is 0.342 e. The fourth-order valence-electron chi connectivity index (χ4n) is 7.77. The number of fused-ring (bicyclic) bond motifs is 1. The lowest BCUT2D eigenvalue weighted by atomic mass is 9.94. The number of ether oxygens (including phenoxy) is 3. The lowest BCUT2D eigenvalue weighted by Crippen LogP contribution is -2.58. The Morgan fingerprint density at radius 2 is 1.72 bits per heavy atom. The number of nitrogens with zero attached hydrogens (tertiary/aromatic N) is 3. The number of carbonyl (C=O) groups excluding carboxylic acids is 7. The number of amides is 5. The van der Waals surface area contributed by atoms with Gasteiger partial charge in [0, 0.05) is 37.2 Å². The molecular weight excluding hydrogens is 893 g/mol. The van der Waals surface area contributed by atoms with Crippen LogP contribution in [0.4, 0.5) is 0 Å². The van der Waals surface area contributed by atoms with E-state index < -0.39 is 82.9 Å². The third-order valence-corrected chi connectivity index (χ3v) is 11.8. The number of benzene rings is 1. The quantitative estimate of drug-likeness (QED) is 0.0110. The highest BCUT2D eigenvalue weighted by atomic mass is 16.7. The molecule has 24 nitrogen and oxygen atoms in total. The van der Waals surface area contributed by atoms with Crippen molar-refractivity contribution < 1.29 is 63.0 Å². The highest BCUT2D eigenvalue weighted by Crippen LogP contribution is 2.42. The average Bonchev–Trinajstić information content (AvgIpc) is 3.95. The average molecular weight is 961 g/mol. The number of esters is 2. The van der Waals surface area contributed by atoms with Crippen molar-refractivity contribution in [3.63, 3.8) is 0 Å². The minimum Gasteiger partial charge on any atom is -0.507 e. The van der Waals surface area contributed by atoms with E-state index in [0.717, 1.165) is 12.7 Å². The predicted molar refractivity (Wildman–Crippen MR) is 245 cm³/mol. The number of rotatable bonds is 26.